The number of hydrogen-bond donors (Lipinski definition) is 0. The highest BCUT2D eigenvalue weighted by atomic mass is 15.0. The molecule has 0 radical (unpaired) electrons. The second kappa shape index (κ2) is 4.58. The highest BCUT2D eigenvalue weighted by molar-refractivity contribution is 5.44. The average Bonchev–Trinajstić information content (AvgIpc) is 2.79. The summed E-state index contributed by atoms with van der Waals surface area (Å²) in [5, 5.41) is 8.89. The van der Waals surface area contributed by atoms with E-state index in [4.69, 9.17) is 5.26 Å². The van der Waals surface area contributed by atoms with Crippen LogP contribution in [0.1, 0.15) is 22.4 Å². The van der Waals surface area contributed by atoms with E-state index >= 15 is 0 Å². The zero-order valence-corrected chi connectivity index (χ0v) is 10.7. The molecular formula is C16H13N3. The van der Waals surface area contributed by atoms with Crippen molar-refractivity contribution in [1.29, 1.82) is 5.26 Å². The monoisotopic (exact) mass is 247 g/mol. The fourth-order valence-electron chi connectivity index (χ4n) is 2.23. The Morgan fingerprint density at radius 2 is 2.11 bits per heavy atom. The van der Waals surface area contributed by atoms with Crippen LogP contribution in [0.5, 0.6) is 0 Å². The minimum Gasteiger partial charge on any atom is -0.305 e. The Bertz CT molecular complexity index is 778. The summed E-state index contributed by atoms with van der Waals surface area (Å²) < 4.78 is 1.91. The van der Waals surface area contributed by atoms with Crippen molar-refractivity contribution in [3.05, 3.63) is 71.2 Å². The van der Waals surface area contributed by atoms with E-state index in [0.29, 0.717) is 5.56 Å². The Labute approximate surface area is 111 Å². The number of pyridine rings is 1. The lowest BCUT2D eigenvalue weighted by atomic mass is 10.1. The van der Waals surface area contributed by atoms with Gasteiger partial charge in [0.1, 0.15) is 11.7 Å². The number of aryl methyl sites for hydroxylation is 1. The molecule has 0 bridgehead atoms. The van der Waals surface area contributed by atoms with Gasteiger partial charge in [-0.3, -0.25) is 0 Å². The van der Waals surface area contributed by atoms with E-state index in [1.54, 1.807) is 6.07 Å². The first kappa shape index (κ1) is 11.5. The van der Waals surface area contributed by atoms with Crippen LogP contribution in [0.25, 0.3) is 5.65 Å². The molecule has 2 aromatic heterocycles. The predicted octanol–water partition coefficient (Wildman–Crippen LogP) is 3.11. The molecule has 0 saturated carbocycles. The molecule has 0 aliphatic carbocycles. The highest BCUT2D eigenvalue weighted by Gasteiger charge is 2.03. The van der Waals surface area contributed by atoms with E-state index < -0.39 is 0 Å². The molecule has 1 aromatic carbocycles. The first-order valence-electron chi connectivity index (χ1n) is 6.18. The first-order valence-corrected chi connectivity index (χ1v) is 6.18. The van der Waals surface area contributed by atoms with Gasteiger partial charge in [-0.1, -0.05) is 29.8 Å². The summed E-state index contributed by atoms with van der Waals surface area (Å²) in [6.07, 6.45) is 4.60. The number of imidazole rings is 1. The fraction of sp³-hybridized carbons (Fsp3) is 0.125. The Hall–Kier alpha value is -2.60. The van der Waals surface area contributed by atoms with Crippen molar-refractivity contribution in [3.63, 3.8) is 0 Å². The number of nitrogens with zero attached hydrogens (tertiary/aromatic N) is 3. The molecule has 0 unspecified atom stereocenters. The maximum atomic E-state index is 8.89. The minimum atomic E-state index is 0.645. The largest absolute Gasteiger partial charge is 0.305 e. The number of hydrogen-bond acceptors (Lipinski definition) is 2. The van der Waals surface area contributed by atoms with Crippen molar-refractivity contribution in [1.82, 2.24) is 9.38 Å². The lowest BCUT2D eigenvalue weighted by Gasteiger charge is -1.99. The molecule has 0 atom stereocenters. The molecule has 0 aliphatic rings. The Morgan fingerprint density at radius 3 is 2.89 bits per heavy atom. The lowest BCUT2D eigenvalue weighted by Crippen LogP contribution is -1.88. The molecule has 0 fully saturated rings. The van der Waals surface area contributed by atoms with E-state index in [1.165, 1.54) is 11.1 Å². The van der Waals surface area contributed by atoms with Crippen LogP contribution in [0.15, 0.2) is 48.8 Å². The van der Waals surface area contributed by atoms with Gasteiger partial charge in [-0.15, -0.1) is 0 Å². The fourth-order valence-corrected chi connectivity index (χ4v) is 2.23. The minimum absolute atomic E-state index is 0.645. The molecule has 3 rings (SSSR count). The Morgan fingerprint density at radius 1 is 1.21 bits per heavy atom. The van der Waals surface area contributed by atoms with Crippen LogP contribution in [0.4, 0.5) is 0 Å². The zero-order valence-electron chi connectivity index (χ0n) is 10.7. The van der Waals surface area contributed by atoms with E-state index in [0.717, 1.165) is 17.8 Å². The molecule has 3 heteroatoms. The second-order valence-corrected chi connectivity index (χ2v) is 4.69. The van der Waals surface area contributed by atoms with E-state index in [9.17, 15) is 0 Å². The number of fused-ring (bicyclic) bond motifs is 1. The van der Waals surface area contributed by atoms with Gasteiger partial charge in [-0.2, -0.15) is 5.26 Å². The van der Waals surface area contributed by atoms with Crippen molar-refractivity contribution in [2.75, 3.05) is 0 Å². The van der Waals surface area contributed by atoms with Gasteiger partial charge in [0.15, 0.2) is 0 Å². The van der Waals surface area contributed by atoms with E-state index in [2.05, 4.69) is 42.2 Å². The standard InChI is InChI=1S/C16H13N3/c1-12-3-2-4-13(7-12)8-15-11-19-10-14(9-17)5-6-16(19)18-15/h2-7,10-11H,8H2,1H3. The smallest absolute Gasteiger partial charge is 0.137 e. The maximum Gasteiger partial charge on any atom is 0.137 e. The van der Waals surface area contributed by atoms with Gasteiger partial charge < -0.3 is 4.40 Å². The Kier molecular flexibility index (Phi) is 2.77. The SMILES string of the molecule is Cc1cccc(Cc2cn3cc(C#N)ccc3n2)c1. The quantitative estimate of drug-likeness (QED) is 0.698. The second-order valence-electron chi connectivity index (χ2n) is 4.69. The summed E-state index contributed by atoms with van der Waals surface area (Å²) >= 11 is 0. The third-order valence-electron chi connectivity index (χ3n) is 3.10. The molecule has 0 aliphatic heterocycles. The summed E-state index contributed by atoms with van der Waals surface area (Å²) in [5.41, 5.74) is 5.05. The number of nitriles is 1. The van der Waals surface area contributed by atoms with Gasteiger partial charge in [0.05, 0.1) is 11.3 Å². The normalized spacial score (nSPS) is 10.5. The van der Waals surface area contributed by atoms with Crippen LogP contribution in [0.3, 0.4) is 0 Å². The van der Waals surface area contributed by atoms with Crippen molar-refractivity contribution < 1.29 is 0 Å². The van der Waals surface area contributed by atoms with Crippen LogP contribution < -0.4 is 0 Å². The van der Waals surface area contributed by atoms with E-state index in [-0.39, 0.29) is 0 Å². The van der Waals surface area contributed by atoms with Crippen LogP contribution in [-0.2, 0) is 6.42 Å². The third kappa shape index (κ3) is 2.34. The van der Waals surface area contributed by atoms with Crippen molar-refractivity contribution in [2.24, 2.45) is 0 Å². The van der Waals surface area contributed by atoms with Crippen LogP contribution in [0.2, 0.25) is 0 Å². The summed E-state index contributed by atoms with van der Waals surface area (Å²) in [6, 6.07) is 14.2. The predicted molar refractivity (Wildman–Crippen MR) is 73.9 cm³/mol. The molecule has 0 spiro atoms. The summed E-state index contributed by atoms with van der Waals surface area (Å²) in [6.45, 7) is 2.09. The van der Waals surface area contributed by atoms with Gasteiger partial charge in [0, 0.05) is 18.8 Å². The van der Waals surface area contributed by atoms with Gasteiger partial charge in [-0.05, 0) is 24.6 Å². The van der Waals surface area contributed by atoms with E-state index in [1.807, 2.05) is 22.9 Å². The summed E-state index contributed by atoms with van der Waals surface area (Å²) in [7, 11) is 0. The molecule has 0 N–H and O–H groups in total. The average molecular weight is 247 g/mol. The third-order valence-corrected chi connectivity index (χ3v) is 3.10. The van der Waals surface area contributed by atoms with Crippen LogP contribution >= 0.6 is 0 Å². The summed E-state index contributed by atoms with van der Waals surface area (Å²) in [4.78, 5) is 4.57. The molecule has 2 heterocycles. The maximum absolute atomic E-state index is 8.89. The zero-order chi connectivity index (χ0) is 13.2. The lowest BCUT2D eigenvalue weighted by molar-refractivity contribution is 1.11. The molecule has 92 valence electrons. The number of aromatic nitrogens is 2. The van der Waals surface area contributed by atoms with Gasteiger partial charge >= 0.3 is 0 Å². The van der Waals surface area contributed by atoms with Crippen LogP contribution in [0, 0.1) is 18.3 Å². The molecule has 3 aromatic rings. The first-order chi connectivity index (χ1) is 9.24. The van der Waals surface area contributed by atoms with Gasteiger partial charge in [0.25, 0.3) is 0 Å². The highest BCUT2D eigenvalue weighted by Crippen LogP contribution is 2.13. The molecule has 0 saturated heterocycles. The van der Waals surface area contributed by atoms with Crippen molar-refractivity contribution >= 4 is 5.65 Å². The number of benzene rings is 1. The molecule has 0 amide bonds. The van der Waals surface area contributed by atoms with Gasteiger partial charge in [-0.25, -0.2) is 4.98 Å². The number of rotatable bonds is 2. The Balaban J connectivity index is 1.96. The molecular weight excluding hydrogens is 234 g/mol. The van der Waals surface area contributed by atoms with Crippen molar-refractivity contribution in [3.8, 4) is 6.07 Å². The topological polar surface area (TPSA) is 41.1 Å². The molecule has 3 nitrogen and oxygen atoms in total. The van der Waals surface area contributed by atoms with Crippen LogP contribution in [-0.4, -0.2) is 9.38 Å². The van der Waals surface area contributed by atoms with Crippen molar-refractivity contribution in [2.45, 2.75) is 13.3 Å². The summed E-state index contributed by atoms with van der Waals surface area (Å²) in [5.74, 6) is 0. The molecule has 19 heavy (non-hydrogen) atoms. The van der Waals surface area contributed by atoms with Gasteiger partial charge in [0.2, 0.25) is 0 Å².